The smallest absolute Gasteiger partial charge is 0.475 e. The Balaban J connectivity index is 0.000000601. The summed E-state index contributed by atoms with van der Waals surface area (Å²) in [6.45, 7) is 1.85. The van der Waals surface area contributed by atoms with Gasteiger partial charge in [-0.3, -0.25) is 10.8 Å². The van der Waals surface area contributed by atoms with E-state index in [1.807, 2.05) is 6.92 Å². The van der Waals surface area contributed by atoms with E-state index in [9.17, 15) is 34.8 Å². The number of thiophene rings is 1. The number of halogens is 6. The van der Waals surface area contributed by atoms with Gasteiger partial charge in [0.05, 0.1) is 18.9 Å². The zero-order chi connectivity index (χ0) is 35.1. The topological polar surface area (TPSA) is 247 Å². The maximum absolute atomic E-state index is 13.4. The minimum Gasteiger partial charge on any atom is -0.475 e. The van der Waals surface area contributed by atoms with Gasteiger partial charge in [0, 0.05) is 16.9 Å². The molecule has 0 fully saturated rings. The molecule has 0 saturated heterocycles. The molecule has 1 aromatic heterocycles. The van der Waals surface area contributed by atoms with Crippen LogP contribution in [0, 0.1) is 17.7 Å². The summed E-state index contributed by atoms with van der Waals surface area (Å²) >= 11 is 2.48. The molecule has 21 heteroatoms. The van der Waals surface area contributed by atoms with Crippen molar-refractivity contribution in [2.45, 2.75) is 33.3 Å². The van der Waals surface area contributed by atoms with Gasteiger partial charge in [0.1, 0.15) is 5.84 Å². The van der Waals surface area contributed by atoms with Gasteiger partial charge in [-0.25, -0.2) is 18.0 Å². The van der Waals surface area contributed by atoms with Crippen LogP contribution in [0.5, 0.6) is 0 Å². The van der Waals surface area contributed by atoms with Gasteiger partial charge in [0.2, 0.25) is 9.84 Å². The first-order valence-electron chi connectivity index (χ1n) is 11.4. The molecule has 0 radical (unpaired) electrons. The molecule has 0 aliphatic heterocycles. The second-order valence-corrected chi connectivity index (χ2v) is 12.4. The third-order valence-corrected chi connectivity index (χ3v) is 9.31. The number of alkyl halides is 6. The minimum atomic E-state index is -5.08. The van der Waals surface area contributed by atoms with Crippen LogP contribution in [-0.4, -0.2) is 61.0 Å². The van der Waals surface area contributed by atoms with Crippen LogP contribution in [0.3, 0.4) is 0 Å². The Morgan fingerprint density at radius 3 is 1.87 bits per heavy atom. The highest BCUT2D eigenvalue weighted by Gasteiger charge is 2.39. The number of hydrogen-bond acceptors (Lipinski definition) is 9. The predicted octanol–water partition coefficient (Wildman–Crippen LogP) is 4.72. The summed E-state index contributed by atoms with van der Waals surface area (Å²) in [4.78, 5) is 18.5. The average Bonchev–Trinajstić information content (AvgIpc) is 3.34. The van der Waals surface area contributed by atoms with Crippen LogP contribution in [0.4, 0.5) is 37.7 Å². The van der Waals surface area contributed by atoms with Crippen molar-refractivity contribution < 1.29 is 54.6 Å². The lowest BCUT2D eigenvalue weighted by molar-refractivity contribution is -0.193. The number of carboxylic acids is 2. The Kier molecular flexibility index (Phi) is 12.8. The van der Waals surface area contributed by atoms with Crippen molar-refractivity contribution in [1.82, 2.24) is 0 Å². The number of sulfone groups is 1. The van der Waals surface area contributed by atoms with Crippen molar-refractivity contribution in [2.24, 2.45) is 11.5 Å². The highest BCUT2D eigenvalue weighted by molar-refractivity contribution is 8.01. The van der Waals surface area contributed by atoms with Gasteiger partial charge in [-0.05, 0) is 54.6 Å². The molecule has 0 amide bonds. The number of rotatable bonds is 6. The van der Waals surface area contributed by atoms with Crippen LogP contribution in [0.15, 0.2) is 56.5 Å². The number of anilines is 2. The molecular weight excluding hydrogens is 678 g/mol. The highest BCUT2D eigenvalue weighted by atomic mass is 32.2. The normalized spacial score (nSPS) is 11.3. The quantitative estimate of drug-likeness (QED) is 0.0574. The highest BCUT2D eigenvalue weighted by Crippen LogP contribution is 2.39. The molecule has 11 N–H and O–H groups in total. The summed E-state index contributed by atoms with van der Waals surface area (Å²) in [5.41, 5.74) is 20.3. The summed E-state index contributed by atoms with van der Waals surface area (Å²) in [5.74, 6) is -5.89. The number of aryl methyl sites for hydroxylation is 1. The third-order valence-electron chi connectivity index (χ3n) is 4.97. The minimum absolute atomic E-state index is 0.123. The first kappa shape index (κ1) is 38.5. The van der Waals surface area contributed by atoms with Gasteiger partial charge >= 0.3 is 24.3 Å². The Labute approximate surface area is 259 Å². The number of thioether (sulfide) groups is 1. The fraction of sp³-hybridized carbons (Fsp3) is 0.167. The fourth-order valence-electron chi connectivity index (χ4n) is 3.20. The van der Waals surface area contributed by atoms with E-state index in [1.165, 1.54) is 35.2 Å². The van der Waals surface area contributed by atoms with Crippen molar-refractivity contribution in [3.05, 3.63) is 52.9 Å². The summed E-state index contributed by atoms with van der Waals surface area (Å²) in [5, 5.41) is 31.9. The van der Waals surface area contributed by atoms with E-state index in [0.717, 1.165) is 5.56 Å². The standard InChI is InChI=1S/C20H22N6O2S3.2C2HF3O2/c1-10-6-12(26-20(24)25)8-14(21)17(10)11-4-3-5-13(7-11)31(27,28)16-9-15(18(22)23)30-19(16)29-2;2*3-2(4,5)1(6)7/h3-9H,21H2,1-2H3,(H3,22,23)(H4,24,25,26);2*(H,6,7). The van der Waals surface area contributed by atoms with E-state index in [4.69, 9.17) is 47.8 Å². The molecule has 0 spiro atoms. The molecule has 45 heavy (non-hydrogen) atoms. The number of nitrogen functional groups attached to an aromatic ring is 2. The monoisotopic (exact) mass is 702 g/mol. The number of amidine groups is 1. The first-order chi connectivity index (χ1) is 20.4. The Hall–Kier alpha value is -4.50. The predicted molar refractivity (Wildman–Crippen MR) is 157 cm³/mol. The Bertz CT molecular complexity index is 1660. The van der Waals surface area contributed by atoms with Crippen molar-refractivity contribution >= 4 is 68.0 Å². The Morgan fingerprint density at radius 2 is 1.47 bits per heavy atom. The van der Waals surface area contributed by atoms with Gasteiger partial charge in [-0.2, -0.15) is 26.3 Å². The number of aliphatic carboxylic acids is 2. The molecule has 12 nitrogen and oxygen atoms in total. The number of benzene rings is 2. The number of guanidine groups is 1. The lowest BCUT2D eigenvalue weighted by Gasteiger charge is -2.14. The van der Waals surface area contributed by atoms with Crippen LogP contribution in [0.2, 0.25) is 0 Å². The molecule has 3 rings (SSSR count). The maximum Gasteiger partial charge on any atom is 0.490 e. The molecule has 0 aliphatic rings. The van der Waals surface area contributed by atoms with E-state index in [1.54, 1.807) is 36.6 Å². The number of carbonyl (C=O) groups is 2. The maximum atomic E-state index is 13.4. The van der Waals surface area contributed by atoms with E-state index >= 15 is 0 Å². The lowest BCUT2D eigenvalue weighted by atomic mass is 9.98. The molecule has 1 heterocycles. The lowest BCUT2D eigenvalue weighted by Crippen LogP contribution is -2.21. The fourth-order valence-corrected chi connectivity index (χ4v) is 7.10. The van der Waals surface area contributed by atoms with Crippen molar-refractivity contribution in [3.8, 4) is 11.1 Å². The van der Waals surface area contributed by atoms with Crippen LogP contribution in [0.25, 0.3) is 11.1 Å². The molecular formula is C24H24F6N6O6S3. The van der Waals surface area contributed by atoms with Crippen molar-refractivity contribution in [1.29, 1.82) is 10.8 Å². The van der Waals surface area contributed by atoms with Crippen LogP contribution >= 0.6 is 23.1 Å². The van der Waals surface area contributed by atoms with E-state index in [0.29, 0.717) is 31.6 Å². The van der Waals surface area contributed by atoms with Gasteiger partial charge in [-0.1, -0.05) is 12.1 Å². The van der Waals surface area contributed by atoms with E-state index in [-0.39, 0.29) is 21.6 Å². The molecule has 0 atom stereocenters. The molecule has 2 aromatic carbocycles. The zero-order valence-corrected chi connectivity index (χ0v) is 25.2. The molecule has 3 aromatic rings. The van der Waals surface area contributed by atoms with E-state index in [2.05, 4.69) is 5.32 Å². The Morgan fingerprint density at radius 1 is 0.956 bits per heavy atom. The summed E-state index contributed by atoms with van der Waals surface area (Å²) < 4.78 is 90.8. The van der Waals surface area contributed by atoms with Gasteiger partial charge < -0.3 is 32.7 Å². The van der Waals surface area contributed by atoms with Crippen molar-refractivity contribution in [2.75, 3.05) is 17.3 Å². The molecule has 0 aliphatic carbocycles. The number of hydrogen-bond donors (Lipinski definition) is 8. The molecule has 0 bridgehead atoms. The van der Waals surface area contributed by atoms with Crippen LogP contribution in [-0.2, 0) is 19.4 Å². The van der Waals surface area contributed by atoms with Gasteiger partial charge in [0.25, 0.3) is 0 Å². The first-order valence-corrected chi connectivity index (χ1v) is 14.9. The second-order valence-electron chi connectivity index (χ2n) is 8.31. The molecule has 0 saturated carbocycles. The molecule has 0 unspecified atom stereocenters. The van der Waals surface area contributed by atoms with Gasteiger partial charge in [0.15, 0.2) is 5.96 Å². The zero-order valence-electron chi connectivity index (χ0n) is 22.8. The summed E-state index contributed by atoms with van der Waals surface area (Å²) in [7, 11) is -3.84. The molecule has 246 valence electrons. The van der Waals surface area contributed by atoms with Crippen LogP contribution < -0.4 is 22.5 Å². The SMILES string of the molecule is CSc1sc(C(=N)N)cc1S(=O)(=O)c1cccc(-c2c(C)cc(NC(=N)N)cc2N)c1.O=C(O)C(F)(F)F.O=C(O)C(F)(F)F. The third kappa shape index (κ3) is 10.9. The van der Waals surface area contributed by atoms with Crippen LogP contribution in [0.1, 0.15) is 10.4 Å². The largest absolute Gasteiger partial charge is 0.490 e. The number of nitrogens with one attached hydrogen (secondary N) is 3. The number of carboxylic acid groups (broad SMARTS) is 2. The summed E-state index contributed by atoms with van der Waals surface area (Å²) in [6.07, 6.45) is -8.38. The summed E-state index contributed by atoms with van der Waals surface area (Å²) in [6, 6.07) is 11.5. The second kappa shape index (κ2) is 15.0. The number of nitrogens with two attached hydrogens (primary N) is 3. The van der Waals surface area contributed by atoms with Crippen molar-refractivity contribution in [3.63, 3.8) is 0 Å². The van der Waals surface area contributed by atoms with E-state index < -0.39 is 34.1 Å². The average molecular weight is 703 g/mol. The van der Waals surface area contributed by atoms with Gasteiger partial charge in [-0.15, -0.1) is 23.1 Å².